The van der Waals surface area contributed by atoms with Gasteiger partial charge in [-0.15, -0.1) is 0 Å². The van der Waals surface area contributed by atoms with Crippen molar-refractivity contribution in [1.29, 1.82) is 0 Å². The number of rotatable bonds is 4. The Labute approximate surface area is 140 Å². The van der Waals surface area contributed by atoms with E-state index in [1.54, 1.807) is 27.7 Å². The third-order valence-electron chi connectivity index (χ3n) is 4.37. The maximum Gasteiger partial charge on any atom is 0.315 e. The minimum atomic E-state index is -1.07. The Morgan fingerprint density at radius 2 is 2.04 bits per heavy atom. The molecule has 23 heavy (non-hydrogen) atoms. The number of esters is 1. The van der Waals surface area contributed by atoms with E-state index in [1.807, 2.05) is 0 Å². The van der Waals surface area contributed by atoms with Gasteiger partial charge in [0.2, 0.25) is 0 Å². The number of ether oxygens (including phenoxy) is 1. The molecule has 128 valence electrons. The van der Waals surface area contributed by atoms with Crippen molar-refractivity contribution in [3.05, 3.63) is 33.0 Å². The molecule has 6 nitrogen and oxygen atoms in total. The van der Waals surface area contributed by atoms with E-state index >= 15 is 0 Å². The van der Waals surface area contributed by atoms with Gasteiger partial charge in [0.05, 0.1) is 16.4 Å². The summed E-state index contributed by atoms with van der Waals surface area (Å²) in [7, 11) is 0. The monoisotopic (exact) mass is 343 g/mol. The fourth-order valence-corrected chi connectivity index (χ4v) is 3.12. The zero-order chi connectivity index (χ0) is 17.6. The lowest BCUT2D eigenvalue weighted by molar-refractivity contribution is -0.421. The lowest BCUT2D eigenvalue weighted by Crippen LogP contribution is -2.45. The van der Waals surface area contributed by atoms with E-state index in [4.69, 9.17) is 16.3 Å². The van der Waals surface area contributed by atoms with Crippen molar-refractivity contribution in [3.8, 4) is 0 Å². The van der Waals surface area contributed by atoms with Crippen LogP contribution in [0.3, 0.4) is 0 Å². The average Bonchev–Trinajstić information content (AvgIpc) is 3.20. The van der Waals surface area contributed by atoms with Crippen LogP contribution in [0.4, 0.5) is 0 Å². The molecule has 0 aromatic carbocycles. The molecule has 0 heterocycles. The molecule has 1 fully saturated rings. The Balaban J connectivity index is 2.28. The van der Waals surface area contributed by atoms with Crippen LogP contribution in [-0.4, -0.2) is 27.7 Å². The molecule has 0 spiro atoms. The molecule has 7 heteroatoms. The van der Waals surface area contributed by atoms with Crippen molar-refractivity contribution in [2.24, 2.45) is 10.8 Å². The summed E-state index contributed by atoms with van der Waals surface area (Å²) >= 11 is 5.87. The normalized spacial score (nSPS) is 27.6. The fourth-order valence-electron chi connectivity index (χ4n) is 2.92. The molecule has 2 unspecified atom stereocenters. The number of aliphatic hydroxyl groups is 1. The fraction of sp³-hybridized carbons (Fsp3) is 0.688. The summed E-state index contributed by atoms with van der Waals surface area (Å²) in [5.74, 6) is -0.449. The molecule has 1 saturated carbocycles. The van der Waals surface area contributed by atoms with Gasteiger partial charge in [-0.25, -0.2) is 0 Å². The van der Waals surface area contributed by atoms with Crippen molar-refractivity contribution >= 4 is 17.6 Å². The van der Waals surface area contributed by atoms with Crippen LogP contribution in [0.1, 0.15) is 47.0 Å². The number of carbonyl (C=O) groups is 1. The van der Waals surface area contributed by atoms with Crippen LogP contribution in [0.2, 0.25) is 0 Å². The number of hydrogen-bond donors (Lipinski definition) is 1. The van der Waals surface area contributed by atoms with Crippen LogP contribution in [0.5, 0.6) is 0 Å². The van der Waals surface area contributed by atoms with Gasteiger partial charge in [0.15, 0.2) is 0 Å². The molecule has 0 saturated heterocycles. The molecule has 0 bridgehead atoms. The molecule has 0 aromatic rings. The largest absolute Gasteiger partial charge is 0.459 e. The Bertz CT molecular complexity index is 600. The molecular weight excluding hydrogens is 322 g/mol. The molecule has 0 radical (unpaired) electrons. The number of carbonyl (C=O) groups excluding carboxylic acids is 1. The Morgan fingerprint density at radius 1 is 1.48 bits per heavy atom. The van der Waals surface area contributed by atoms with Crippen molar-refractivity contribution in [3.63, 3.8) is 0 Å². The lowest BCUT2D eigenvalue weighted by Gasteiger charge is -2.37. The summed E-state index contributed by atoms with van der Waals surface area (Å²) in [4.78, 5) is 23.0. The van der Waals surface area contributed by atoms with Gasteiger partial charge in [0.25, 0.3) is 5.70 Å². The second-order valence-corrected chi connectivity index (χ2v) is 8.02. The topological polar surface area (TPSA) is 89.7 Å². The van der Waals surface area contributed by atoms with Crippen LogP contribution < -0.4 is 0 Å². The van der Waals surface area contributed by atoms with Gasteiger partial charge >= 0.3 is 5.97 Å². The quantitative estimate of drug-likeness (QED) is 0.481. The van der Waals surface area contributed by atoms with E-state index in [0.29, 0.717) is 19.3 Å². The molecular formula is C16H22ClNO5. The van der Waals surface area contributed by atoms with Gasteiger partial charge in [0, 0.05) is 11.5 Å². The van der Waals surface area contributed by atoms with Gasteiger partial charge in [-0.2, -0.15) is 0 Å². The summed E-state index contributed by atoms with van der Waals surface area (Å²) in [5.41, 5.74) is -2.81. The first kappa shape index (κ1) is 17.9. The van der Waals surface area contributed by atoms with E-state index in [1.165, 1.54) is 12.2 Å². The molecule has 0 aliphatic heterocycles. The number of halogens is 1. The average molecular weight is 344 g/mol. The van der Waals surface area contributed by atoms with Crippen molar-refractivity contribution in [2.75, 3.05) is 0 Å². The smallest absolute Gasteiger partial charge is 0.315 e. The number of nitrogens with zero attached hydrogens (tertiary/aromatic N) is 1. The molecule has 2 atom stereocenters. The summed E-state index contributed by atoms with van der Waals surface area (Å²) in [6.45, 7) is 7.00. The van der Waals surface area contributed by atoms with Gasteiger partial charge in [0.1, 0.15) is 10.6 Å². The molecule has 2 aliphatic rings. The van der Waals surface area contributed by atoms with Crippen LogP contribution in [0.25, 0.3) is 0 Å². The molecule has 1 N–H and O–H groups in total. The number of hydrogen-bond acceptors (Lipinski definition) is 5. The summed E-state index contributed by atoms with van der Waals surface area (Å²) < 4.78 is 5.42. The third kappa shape index (κ3) is 3.43. The van der Waals surface area contributed by atoms with Crippen LogP contribution >= 0.6 is 11.6 Å². The highest BCUT2D eigenvalue weighted by molar-refractivity contribution is 6.31. The van der Waals surface area contributed by atoms with Gasteiger partial charge < -0.3 is 9.84 Å². The minimum Gasteiger partial charge on any atom is -0.459 e. The summed E-state index contributed by atoms with van der Waals surface area (Å²) in [6, 6.07) is 0. The van der Waals surface area contributed by atoms with Crippen LogP contribution in [0.15, 0.2) is 22.9 Å². The van der Waals surface area contributed by atoms with E-state index in [0.717, 1.165) is 0 Å². The summed E-state index contributed by atoms with van der Waals surface area (Å²) in [6.07, 6.45) is 3.17. The Morgan fingerprint density at radius 3 is 2.48 bits per heavy atom. The number of aliphatic hydroxyl groups excluding tert-OH is 1. The van der Waals surface area contributed by atoms with E-state index in [-0.39, 0.29) is 10.7 Å². The van der Waals surface area contributed by atoms with E-state index in [2.05, 4.69) is 0 Å². The molecule has 0 aromatic heterocycles. The first-order valence-corrected chi connectivity index (χ1v) is 7.94. The highest BCUT2D eigenvalue weighted by Crippen LogP contribution is 2.57. The van der Waals surface area contributed by atoms with Crippen molar-refractivity contribution in [2.45, 2.75) is 58.7 Å². The van der Waals surface area contributed by atoms with Gasteiger partial charge in [-0.05, 0) is 40.0 Å². The maximum atomic E-state index is 12.5. The first-order valence-electron chi connectivity index (χ1n) is 7.56. The standard InChI is InChI=1S/C16H22ClNO5/c1-14(2,3)23-13(20)16(7-8-16)12(19)15(4)6-5-10(17)11(9-15)18(21)22/h5,9,12,19H,6-8H2,1-4H3. The zero-order valence-corrected chi connectivity index (χ0v) is 14.5. The Kier molecular flexibility index (Phi) is 4.37. The number of nitro groups is 1. The highest BCUT2D eigenvalue weighted by Gasteiger charge is 2.62. The van der Waals surface area contributed by atoms with Crippen LogP contribution in [-0.2, 0) is 9.53 Å². The second kappa shape index (κ2) is 5.60. The summed E-state index contributed by atoms with van der Waals surface area (Å²) in [5, 5.41) is 22.0. The minimum absolute atomic E-state index is 0.0572. The highest BCUT2D eigenvalue weighted by atomic mass is 35.5. The SMILES string of the molecule is CC(C)(C)OC(=O)C1(C(O)C2(C)C=C([N+](=O)[O-])C(Cl)=CC2)CC1. The predicted molar refractivity (Wildman–Crippen MR) is 85.3 cm³/mol. The number of allylic oxidation sites excluding steroid dienone is 2. The third-order valence-corrected chi connectivity index (χ3v) is 4.72. The van der Waals surface area contributed by atoms with Gasteiger partial charge in [-0.1, -0.05) is 24.6 Å². The first-order chi connectivity index (χ1) is 10.4. The molecule has 2 rings (SSSR count). The Hall–Kier alpha value is -1.40. The van der Waals surface area contributed by atoms with Crippen molar-refractivity contribution in [1.82, 2.24) is 0 Å². The predicted octanol–water partition coefficient (Wildman–Crippen LogP) is 3.16. The van der Waals surface area contributed by atoms with E-state index in [9.17, 15) is 20.0 Å². The van der Waals surface area contributed by atoms with Gasteiger partial charge in [-0.3, -0.25) is 14.9 Å². The van der Waals surface area contributed by atoms with E-state index < -0.39 is 33.4 Å². The van der Waals surface area contributed by atoms with Crippen molar-refractivity contribution < 1.29 is 19.6 Å². The lowest BCUT2D eigenvalue weighted by atomic mass is 9.71. The maximum absolute atomic E-state index is 12.5. The second-order valence-electron chi connectivity index (χ2n) is 7.61. The zero-order valence-electron chi connectivity index (χ0n) is 13.8. The molecule has 2 aliphatic carbocycles. The molecule has 0 amide bonds. The van der Waals surface area contributed by atoms with Crippen LogP contribution in [0, 0.1) is 20.9 Å².